The third-order valence-electron chi connectivity index (χ3n) is 4.89. The van der Waals surface area contributed by atoms with Crippen molar-refractivity contribution in [1.29, 1.82) is 5.26 Å². The lowest BCUT2D eigenvalue weighted by molar-refractivity contribution is -0.116. The van der Waals surface area contributed by atoms with Crippen molar-refractivity contribution in [1.82, 2.24) is 9.55 Å². The first-order valence-corrected chi connectivity index (χ1v) is 10.3. The number of halogens is 1. The number of anilines is 1. The Hall–Kier alpha value is -2.69. The molecule has 1 amide bonds. The van der Waals surface area contributed by atoms with Gasteiger partial charge >= 0.3 is 0 Å². The van der Waals surface area contributed by atoms with Gasteiger partial charge in [0.05, 0.1) is 22.3 Å². The highest BCUT2D eigenvalue weighted by molar-refractivity contribution is 7.18. The van der Waals surface area contributed by atoms with Crippen LogP contribution in [0.25, 0.3) is 10.2 Å². The molecule has 6 nitrogen and oxygen atoms in total. The lowest BCUT2D eigenvalue weighted by Crippen LogP contribution is -2.24. The first-order chi connectivity index (χ1) is 13.6. The van der Waals surface area contributed by atoms with E-state index in [0.717, 1.165) is 41.5 Å². The standard InChI is InChI=1S/C20H17ClN4O2S/c21-15-6-5-13(9-12(15)10-22)24-17(26)7-8-25-11-23-19-18(20(25)27)14-3-1-2-4-16(14)28-19/h5-6,9,11H,1-4,7-8H2,(H,24,26). The second-order valence-corrected chi connectivity index (χ2v) is 8.23. The minimum Gasteiger partial charge on any atom is -0.326 e. The van der Waals surface area contributed by atoms with Gasteiger partial charge in [-0.05, 0) is 49.4 Å². The van der Waals surface area contributed by atoms with Crippen LogP contribution < -0.4 is 10.9 Å². The number of aromatic nitrogens is 2. The first-order valence-electron chi connectivity index (χ1n) is 9.06. The molecule has 142 valence electrons. The minimum atomic E-state index is -0.245. The molecule has 28 heavy (non-hydrogen) atoms. The maximum Gasteiger partial charge on any atom is 0.262 e. The number of nitrogens with one attached hydrogen (secondary N) is 1. The van der Waals surface area contributed by atoms with Crippen molar-refractivity contribution in [2.75, 3.05) is 5.32 Å². The molecule has 0 unspecified atom stereocenters. The number of amides is 1. The van der Waals surface area contributed by atoms with Crippen LogP contribution in [-0.4, -0.2) is 15.5 Å². The number of hydrogen-bond donors (Lipinski definition) is 1. The molecular weight excluding hydrogens is 396 g/mol. The molecule has 0 spiro atoms. The Bertz CT molecular complexity index is 1180. The van der Waals surface area contributed by atoms with Crippen molar-refractivity contribution < 1.29 is 4.79 Å². The van der Waals surface area contributed by atoms with Crippen LogP contribution in [0.2, 0.25) is 5.02 Å². The molecule has 0 fully saturated rings. The molecule has 0 atom stereocenters. The zero-order valence-electron chi connectivity index (χ0n) is 15.0. The van der Waals surface area contributed by atoms with Crippen LogP contribution in [0.15, 0.2) is 29.3 Å². The Morgan fingerprint density at radius 3 is 3.00 bits per heavy atom. The van der Waals surface area contributed by atoms with E-state index in [9.17, 15) is 9.59 Å². The molecule has 0 bridgehead atoms. The van der Waals surface area contributed by atoms with Crippen molar-refractivity contribution >= 4 is 44.7 Å². The maximum atomic E-state index is 12.9. The highest BCUT2D eigenvalue weighted by Crippen LogP contribution is 2.33. The topological polar surface area (TPSA) is 87.8 Å². The quantitative estimate of drug-likeness (QED) is 0.704. The number of rotatable bonds is 4. The van der Waals surface area contributed by atoms with Gasteiger partial charge in [-0.25, -0.2) is 4.98 Å². The smallest absolute Gasteiger partial charge is 0.262 e. The van der Waals surface area contributed by atoms with E-state index in [0.29, 0.717) is 16.3 Å². The SMILES string of the molecule is N#Cc1cc(NC(=O)CCn2cnc3sc4c(c3c2=O)CCCC4)ccc1Cl. The summed E-state index contributed by atoms with van der Waals surface area (Å²) in [7, 11) is 0. The predicted octanol–water partition coefficient (Wildman–Crippen LogP) is 3.89. The molecule has 1 aromatic carbocycles. The summed E-state index contributed by atoms with van der Waals surface area (Å²) < 4.78 is 1.51. The number of thiophene rings is 1. The Kier molecular flexibility index (Phi) is 5.16. The number of hydrogen-bond acceptors (Lipinski definition) is 5. The van der Waals surface area contributed by atoms with E-state index in [4.69, 9.17) is 16.9 Å². The number of nitrogens with zero attached hydrogens (tertiary/aromatic N) is 3. The van der Waals surface area contributed by atoms with Crippen LogP contribution in [0.4, 0.5) is 5.69 Å². The van der Waals surface area contributed by atoms with Crippen molar-refractivity contribution in [3.63, 3.8) is 0 Å². The normalized spacial score (nSPS) is 13.1. The predicted molar refractivity (Wildman–Crippen MR) is 110 cm³/mol. The van der Waals surface area contributed by atoms with Gasteiger partial charge in [-0.2, -0.15) is 5.26 Å². The summed E-state index contributed by atoms with van der Waals surface area (Å²) in [4.78, 5) is 31.7. The van der Waals surface area contributed by atoms with Gasteiger partial charge in [0, 0.05) is 23.5 Å². The van der Waals surface area contributed by atoms with Crippen LogP contribution in [0, 0.1) is 11.3 Å². The van der Waals surface area contributed by atoms with Crippen LogP contribution in [-0.2, 0) is 24.2 Å². The molecular formula is C20H17ClN4O2S. The molecule has 1 aliphatic carbocycles. The molecule has 0 saturated carbocycles. The number of aryl methyl sites for hydroxylation is 3. The lowest BCUT2D eigenvalue weighted by atomic mass is 9.97. The second kappa shape index (κ2) is 7.74. The lowest BCUT2D eigenvalue weighted by Gasteiger charge is -2.10. The van der Waals surface area contributed by atoms with Gasteiger partial charge in [-0.1, -0.05) is 11.6 Å². The molecule has 0 aliphatic heterocycles. The van der Waals surface area contributed by atoms with Gasteiger partial charge in [0.15, 0.2) is 0 Å². The Labute approximate surface area is 170 Å². The number of fused-ring (bicyclic) bond motifs is 3. The highest BCUT2D eigenvalue weighted by Gasteiger charge is 2.20. The summed E-state index contributed by atoms with van der Waals surface area (Å²) in [5.41, 5.74) is 1.87. The molecule has 1 aliphatic rings. The summed E-state index contributed by atoms with van der Waals surface area (Å²) in [5, 5.41) is 12.8. The van der Waals surface area contributed by atoms with Gasteiger partial charge in [-0.3, -0.25) is 14.2 Å². The molecule has 4 rings (SSSR count). The van der Waals surface area contributed by atoms with Gasteiger partial charge in [-0.15, -0.1) is 11.3 Å². The summed E-state index contributed by atoms with van der Waals surface area (Å²) in [6, 6.07) is 6.71. The fourth-order valence-electron chi connectivity index (χ4n) is 3.47. The Morgan fingerprint density at radius 2 is 2.18 bits per heavy atom. The number of benzene rings is 1. The molecule has 0 radical (unpaired) electrons. The van der Waals surface area contributed by atoms with Gasteiger partial charge < -0.3 is 5.32 Å². The average Bonchev–Trinajstić information content (AvgIpc) is 3.08. The summed E-state index contributed by atoms with van der Waals surface area (Å²) in [5.74, 6) is -0.245. The van der Waals surface area contributed by atoms with Crippen molar-refractivity contribution in [2.45, 2.75) is 38.6 Å². The van der Waals surface area contributed by atoms with E-state index in [2.05, 4.69) is 10.3 Å². The second-order valence-electron chi connectivity index (χ2n) is 6.74. The van der Waals surface area contributed by atoms with E-state index >= 15 is 0 Å². The van der Waals surface area contributed by atoms with E-state index < -0.39 is 0 Å². The Balaban J connectivity index is 1.50. The van der Waals surface area contributed by atoms with E-state index in [1.54, 1.807) is 23.5 Å². The molecule has 8 heteroatoms. The van der Waals surface area contributed by atoms with E-state index in [1.165, 1.54) is 21.8 Å². The van der Waals surface area contributed by atoms with Gasteiger partial charge in [0.1, 0.15) is 10.9 Å². The Morgan fingerprint density at radius 1 is 1.36 bits per heavy atom. The summed E-state index contributed by atoms with van der Waals surface area (Å²) in [6.07, 6.45) is 5.85. The third-order valence-corrected chi connectivity index (χ3v) is 6.42. The molecule has 3 aromatic rings. The maximum absolute atomic E-state index is 12.9. The van der Waals surface area contributed by atoms with Crippen molar-refractivity contribution in [3.05, 3.63) is 55.9 Å². The largest absolute Gasteiger partial charge is 0.326 e. The van der Waals surface area contributed by atoms with E-state index in [-0.39, 0.29) is 24.4 Å². The van der Waals surface area contributed by atoms with Crippen LogP contribution in [0.5, 0.6) is 0 Å². The molecule has 2 heterocycles. The number of carbonyl (C=O) groups excluding carboxylic acids is 1. The van der Waals surface area contributed by atoms with E-state index in [1.807, 2.05) is 6.07 Å². The van der Waals surface area contributed by atoms with Crippen molar-refractivity contribution in [2.24, 2.45) is 0 Å². The average molecular weight is 413 g/mol. The minimum absolute atomic E-state index is 0.0736. The van der Waals surface area contributed by atoms with Crippen molar-refractivity contribution in [3.8, 4) is 6.07 Å². The zero-order valence-corrected chi connectivity index (χ0v) is 16.6. The fourth-order valence-corrected chi connectivity index (χ4v) is 4.85. The highest BCUT2D eigenvalue weighted by atomic mass is 35.5. The molecule has 2 aromatic heterocycles. The third kappa shape index (κ3) is 3.53. The number of carbonyl (C=O) groups is 1. The van der Waals surface area contributed by atoms with Gasteiger partial charge in [0.25, 0.3) is 5.56 Å². The van der Waals surface area contributed by atoms with Crippen LogP contribution >= 0.6 is 22.9 Å². The fraction of sp³-hybridized carbons (Fsp3) is 0.300. The van der Waals surface area contributed by atoms with Crippen LogP contribution in [0.1, 0.15) is 35.3 Å². The molecule has 1 N–H and O–H groups in total. The van der Waals surface area contributed by atoms with Gasteiger partial charge in [0.2, 0.25) is 5.91 Å². The molecule has 0 saturated heterocycles. The monoisotopic (exact) mass is 412 g/mol. The first kappa shape index (κ1) is 18.7. The summed E-state index contributed by atoms with van der Waals surface area (Å²) in [6.45, 7) is 0.247. The summed E-state index contributed by atoms with van der Waals surface area (Å²) >= 11 is 7.51. The number of nitriles is 1. The van der Waals surface area contributed by atoms with Crippen LogP contribution in [0.3, 0.4) is 0 Å². The zero-order chi connectivity index (χ0) is 19.7.